The van der Waals surface area contributed by atoms with Gasteiger partial charge < -0.3 is 20.0 Å². The maximum atomic E-state index is 12.8. The van der Waals surface area contributed by atoms with Gasteiger partial charge in [-0.3, -0.25) is 4.90 Å². The van der Waals surface area contributed by atoms with Gasteiger partial charge in [-0.15, -0.1) is 0 Å². The molecule has 0 saturated carbocycles. The van der Waals surface area contributed by atoms with Crippen LogP contribution in [0, 0.1) is 11.3 Å². The molecule has 0 radical (unpaired) electrons. The van der Waals surface area contributed by atoms with Crippen LogP contribution in [0.1, 0.15) is 75.9 Å². The average Bonchev–Trinajstić information content (AvgIpc) is 3.73. The Morgan fingerprint density at radius 1 is 1.02 bits per heavy atom. The Balaban J connectivity index is 1.24. The SMILES string of the molecule is CC(C)(C)OC(=O)N1CCC[C@H]1c1nc2ccc(-c3ccc(-c4nc([C@@H]5CCCN5)[nH]c4CC#N)cc3)cc2[nH]1. The molecule has 4 aromatic rings. The van der Waals surface area contributed by atoms with Crippen LogP contribution < -0.4 is 5.32 Å². The lowest BCUT2D eigenvalue weighted by Gasteiger charge is -2.27. The predicted octanol–water partition coefficient (Wildman–Crippen LogP) is 6.18. The first-order chi connectivity index (χ1) is 19.3. The standard InChI is InChI=1S/C31H35N7O2/c1-31(2,3)40-30(39)38-17-5-7-26(38)29-34-22-13-12-21(18-25(22)36-29)19-8-10-20(11-9-19)27-23(14-15-32)35-28(37-27)24-6-4-16-33-24/h8-13,18,24,26,33H,4-7,14,16-17H2,1-3H3,(H,34,36)(H,35,37)/t24-,26-/m0/s1. The van der Waals surface area contributed by atoms with Crippen LogP contribution in [0.15, 0.2) is 42.5 Å². The second kappa shape index (κ2) is 10.4. The number of hydrogen-bond acceptors (Lipinski definition) is 6. The number of imidazole rings is 2. The van der Waals surface area contributed by atoms with E-state index in [1.807, 2.05) is 26.8 Å². The molecule has 2 aliphatic heterocycles. The van der Waals surface area contributed by atoms with Gasteiger partial charge in [0.2, 0.25) is 0 Å². The van der Waals surface area contributed by atoms with Gasteiger partial charge in [0.25, 0.3) is 0 Å². The fourth-order valence-electron chi connectivity index (χ4n) is 5.74. The highest BCUT2D eigenvalue weighted by atomic mass is 16.6. The van der Waals surface area contributed by atoms with Crippen molar-refractivity contribution in [3.8, 4) is 28.5 Å². The molecule has 2 fully saturated rings. The van der Waals surface area contributed by atoms with Crippen molar-refractivity contribution < 1.29 is 9.53 Å². The number of fused-ring (bicyclic) bond motifs is 1. The van der Waals surface area contributed by atoms with E-state index in [0.717, 1.165) is 83.0 Å². The Kier molecular flexibility index (Phi) is 6.80. The number of H-pyrrole nitrogens is 2. The second-order valence-corrected chi connectivity index (χ2v) is 11.7. The monoisotopic (exact) mass is 537 g/mol. The van der Waals surface area contributed by atoms with Crippen LogP contribution in [-0.2, 0) is 11.2 Å². The van der Waals surface area contributed by atoms with Crippen LogP contribution in [0.25, 0.3) is 33.4 Å². The molecular formula is C31H35N7O2. The molecule has 2 aromatic heterocycles. The van der Waals surface area contributed by atoms with Crippen molar-refractivity contribution in [3.63, 3.8) is 0 Å². The molecule has 9 heteroatoms. The molecule has 0 aliphatic carbocycles. The summed E-state index contributed by atoms with van der Waals surface area (Å²) in [6.45, 7) is 7.32. The number of benzene rings is 2. The molecule has 2 saturated heterocycles. The lowest BCUT2D eigenvalue weighted by Crippen LogP contribution is -2.36. The lowest BCUT2D eigenvalue weighted by atomic mass is 10.0. The van der Waals surface area contributed by atoms with Gasteiger partial charge >= 0.3 is 6.09 Å². The maximum Gasteiger partial charge on any atom is 0.410 e. The molecule has 0 bridgehead atoms. The first-order valence-corrected chi connectivity index (χ1v) is 14.1. The summed E-state index contributed by atoms with van der Waals surface area (Å²) in [4.78, 5) is 31.2. The number of amides is 1. The summed E-state index contributed by atoms with van der Waals surface area (Å²) >= 11 is 0. The minimum absolute atomic E-state index is 0.120. The maximum absolute atomic E-state index is 12.8. The summed E-state index contributed by atoms with van der Waals surface area (Å²) < 4.78 is 5.63. The number of nitrogens with zero attached hydrogens (tertiary/aromatic N) is 4. The van der Waals surface area contributed by atoms with Gasteiger partial charge in [0.15, 0.2) is 0 Å². The van der Waals surface area contributed by atoms with E-state index in [-0.39, 0.29) is 18.2 Å². The molecule has 2 aromatic carbocycles. The molecule has 1 amide bonds. The summed E-state index contributed by atoms with van der Waals surface area (Å²) in [6.07, 6.45) is 3.96. The Hall–Kier alpha value is -4.16. The summed E-state index contributed by atoms with van der Waals surface area (Å²) in [5.74, 6) is 1.71. The van der Waals surface area contributed by atoms with Crippen LogP contribution in [0.4, 0.5) is 4.79 Å². The first kappa shape index (κ1) is 26.1. The minimum atomic E-state index is -0.535. The third kappa shape index (κ3) is 5.19. The van der Waals surface area contributed by atoms with Gasteiger partial charge in [-0.25, -0.2) is 14.8 Å². The Morgan fingerprint density at radius 2 is 1.80 bits per heavy atom. The molecule has 0 unspecified atom stereocenters. The zero-order valence-corrected chi connectivity index (χ0v) is 23.3. The van der Waals surface area contributed by atoms with Gasteiger partial charge in [-0.1, -0.05) is 30.3 Å². The second-order valence-electron chi connectivity index (χ2n) is 11.7. The predicted molar refractivity (Wildman–Crippen MR) is 153 cm³/mol. The third-order valence-electron chi connectivity index (χ3n) is 7.63. The van der Waals surface area contributed by atoms with Gasteiger partial charge in [0, 0.05) is 12.1 Å². The summed E-state index contributed by atoms with van der Waals surface area (Å²) in [6, 6.07) is 16.9. The van der Waals surface area contributed by atoms with Crippen molar-refractivity contribution in [2.24, 2.45) is 0 Å². The number of likely N-dealkylation sites (tertiary alicyclic amines) is 1. The van der Waals surface area contributed by atoms with E-state index in [2.05, 4.69) is 57.8 Å². The highest BCUT2D eigenvalue weighted by Gasteiger charge is 2.35. The number of ether oxygens (including phenoxy) is 1. The van der Waals surface area contributed by atoms with Crippen molar-refractivity contribution in [1.82, 2.24) is 30.2 Å². The van der Waals surface area contributed by atoms with Crippen molar-refractivity contribution in [2.45, 2.75) is 70.6 Å². The highest BCUT2D eigenvalue weighted by molar-refractivity contribution is 5.83. The number of carbonyl (C=O) groups excluding carboxylic acids is 1. The van der Waals surface area contributed by atoms with Crippen LogP contribution in [0.5, 0.6) is 0 Å². The molecule has 206 valence electrons. The zero-order valence-electron chi connectivity index (χ0n) is 23.3. The number of carbonyl (C=O) groups is 1. The molecule has 0 spiro atoms. The van der Waals surface area contributed by atoms with E-state index < -0.39 is 5.60 Å². The van der Waals surface area contributed by atoms with Gasteiger partial charge in [-0.05, 0) is 76.3 Å². The quantitative estimate of drug-likeness (QED) is 0.279. The van der Waals surface area contributed by atoms with Crippen molar-refractivity contribution in [2.75, 3.05) is 13.1 Å². The molecule has 40 heavy (non-hydrogen) atoms. The Morgan fingerprint density at radius 3 is 2.52 bits per heavy atom. The molecule has 2 atom stereocenters. The fraction of sp³-hybridized carbons (Fsp3) is 0.419. The zero-order chi connectivity index (χ0) is 27.9. The summed E-state index contributed by atoms with van der Waals surface area (Å²) in [5, 5.41) is 12.8. The number of nitriles is 1. The largest absolute Gasteiger partial charge is 0.444 e. The van der Waals surface area contributed by atoms with Crippen LogP contribution in [0.3, 0.4) is 0 Å². The van der Waals surface area contributed by atoms with Gasteiger partial charge in [-0.2, -0.15) is 5.26 Å². The number of aromatic amines is 2. The van der Waals surface area contributed by atoms with E-state index in [1.54, 1.807) is 4.90 Å². The number of hydrogen-bond donors (Lipinski definition) is 3. The molecule has 9 nitrogen and oxygen atoms in total. The van der Waals surface area contributed by atoms with E-state index in [4.69, 9.17) is 14.7 Å². The topological polar surface area (TPSA) is 123 Å². The van der Waals surface area contributed by atoms with E-state index in [1.165, 1.54) is 0 Å². The summed E-state index contributed by atoms with van der Waals surface area (Å²) in [5.41, 5.74) is 6.11. The molecule has 6 rings (SSSR count). The Bertz CT molecular complexity index is 1570. The molecule has 4 heterocycles. The minimum Gasteiger partial charge on any atom is -0.444 e. The van der Waals surface area contributed by atoms with Crippen molar-refractivity contribution in [1.29, 1.82) is 5.26 Å². The van der Waals surface area contributed by atoms with E-state index in [0.29, 0.717) is 13.0 Å². The summed E-state index contributed by atoms with van der Waals surface area (Å²) in [7, 11) is 0. The molecule has 3 N–H and O–H groups in total. The van der Waals surface area contributed by atoms with Crippen LogP contribution in [0.2, 0.25) is 0 Å². The van der Waals surface area contributed by atoms with E-state index >= 15 is 0 Å². The van der Waals surface area contributed by atoms with Gasteiger partial charge in [0.05, 0.1) is 47.0 Å². The first-order valence-electron chi connectivity index (χ1n) is 14.1. The number of aromatic nitrogens is 4. The van der Waals surface area contributed by atoms with Crippen molar-refractivity contribution in [3.05, 3.63) is 59.8 Å². The Labute approximate surface area is 234 Å². The lowest BCUT2D eigenvalue weighted by molar-refractivity contribution is 0.0219. The van der Waals surface area contributed by atoms with Crippen molar-refractivity contribution >= 4 is 17.1 Å². The smallest absolute Gasteiger partial charge is 0.410 e. The van der Waals surface area contributed by atoms with E-state index in [9.17, 15) is 10.1 Å². The highest BCUT2D eigenvalue weighted by Crippen LogP contribution is 2.34. The number of rotatable bonds is 5. The van der Waals surface area contributed by atoms with Crippen LogP contribution >= 0.6 is 0 Å². The fourth-order valence-corrected chi connectivity index (χ4v) is 5.74. The van der Waals surface area contributed by atoms with Gasteiger partial charge in [0.1, 0.15) is 17.2 Å². The third-order valence-corrected chi connectivity index (χ3v) is 7.63. The number of nitrogens with one attached hydrogen (secondary N) is 3. The normalized spacial score (nSPS) is 19.3. The van der Waals surface area contributed by atoms with Crippen LogP contribution in [-0.4, -0.2) is 49.6 Å². The molecular weight excluding hydrogens is 502 g/mol. The molecule has 2 aliphatic rings. The average molecular weight is 538 g/mol.